The molecular weight excluding hydrogens is 120 g/mol. The second kappa shape index (κ2) is 2.25. The minimum Gasteiger partial charge on any atom is -0.394 e. The van der Waals surface area contributed by atoms with Crippen LogP contribution in [0.1, 0.15) is 20.7 Å². The molecule has 1 aliphatic heterocycles. The average molecular weight is 137 g/mol. The molecule has 0 aromatic rings. The predicted molar refractivity (Wildman–Crippen MR) is 32.0 cm³/mol. The van der Waals surface area contributed by atoms with Gasteiger partial charge in [-0.1, -0.05) is 0 Å². The number of hydrogen-bond acceptors (Lipinski definition) is 3. The van der Waals surface area contributed by atoms with Crippen LogP contribution in [-0.2, 0) is 9.47 Å². The van der Waals surface area contributed by atoms with Crippen molar-refractivity contribution in [2.45, 2.75) is 25.7 Å². The second-order valence-corrected chi connectivity index (χ2v) is 2.15. The summed E-state index contributed by atoms with van der Waals surface area (Å²) >= 11 is 0. The number of aliphatic hydroxyl groups is 1. The van der Waals surface area contributed by atoms with Gasteiger partial charge in [-0.05, 0) is 13.8 Å². The molecule has 1 N–H and O–H groups in total. The van der Waals surface area contributed by atoms with Gasteiger partial charge in [0.15, 0.2) is 5.79 Å². The second-order valence-electron chi connectivity index (χ2n) is 2.15. The number of rotatable bonds is 1. The first-order valence-electron chi connectivity index (χ1n) is 5.04. The Morgan fingerprint density at radius 3 is 3.00 bits per heavy atom. The van der Waals surface area contributed by atoms with Crippen LogP contribution >= 0.6 is 0 Å². The van der Waals surface area contributed by atoms with Gasteiger partial charge < -0.3 is 14.6 Å². The highest BCUT2D eigenvalue weighted by atomic mass is 16.7. The largest absolute Gasteiger partial charge is 0.394 e. The summed E-state index contributed by atoms with van der Waals surface area (Å²) in [6.45, 7) is -3.18. The molecule has 0 spiro atoms. The average Bonchev–Trinajstić information content (AvgIpc) is 1.94. The summed E-state index contributed by atoms with van der Waals surface area (Å²) in [6.07, 6.45) is -2.79. The molecule has 3 nitrogen and oxygen atoms in total. The third kappa shape index (κ3) is 1.64. The van der Waals surface area contributed by atoms with Crippen LogP contribution in [0.4, 0.5) is 0 Å². The van der Waals surface area contributed by atoms with Crippen LogP contribution in [0.15, 0.2) is 0 Å². The molecule has 3 heteroatoms. The van der Waals surface area contributed by atoms with Gasteiger partial charge in [0.05, 0.1) is 20.0 Å². The molecule has 1 heterocycles. The SMILES string of the molecule is [2H]C([2H])(O)[C@]1([2H])OC(C)(C)OC1([2H])[2H]. The molecule has 0 bridgehead atoms. The topological polar surface area (TPSA) is 38.7 Å². The Labute approximate surface area is 61.6 Å². The van der Waals surface area contributed by atoms with Crippen molar-refractivity contribution in [2.24, 2.45) is 0 Å². The monoisotopic (exact) mass is 137 g/mol. The van der Waals surface area contributed by atoms with E-state index in [4.69, 9.17) is 21.4 Å². The fraction of sp³-hybridized carbons (Fsp3) is 1.00. The maximum Gasteiger partial charge on any atom is 0.163 e. The zero-order chi connectivity index (χ0) is 11.4. The molecule has 54 valence electrons. The molecular formula is C6H12O3. The van der Waals surface area contributed by atoms with Crippen molar-refractivity contribution in [1.82, 2.24) is 0 Å². The molecule has 0 aliphatic carbocycles. The van der Waals surface area contributed by atoms with Gasteiger partial charge in [0.1, 0.15) is 6.08 Å². The van der Waals surface area contributed by atoms with Crippen molar-refractivity contribution < 1.29 is 21.4 Å². The zero-order valence-corrected chi connectivity index (χ0v) is 5.26. The van der Waals surface area contributed by atoms with E-state index in [1.807, 2.05) is 0 Å². The summed E-state index contributed by atoms with van der Waals surface area (Å²) in [4.78, 5) is 0. The Kier molecular flexibility index (Phi) is 0.715. The van der Waals surface area contributed by atoms with Crippen LogP contribution in [0.5, 0.6) is 0 Å². The summed E-state index contributed by atoms with van der Waals surface area (Å²) < 4.78 is 45.4. The maximum absolute atomic E-state index is 9.05. The summed E-state index contributed by atoms with van der Waals surface area (Å²) in [5.41, 5.74) is 0. The Hall–Kier alpha value is -0.120. The third-order valence-electron chi connectivity index (χ3n) is 0.839. The Morgan fingerprint density at radius 2 is 2.78 bits per heavy atom. The smallest absolute Gasteiger partial charge is 0.163 e. The number of ether oxygens (including phenoxy) is 2. The van der Waals surface area contributed by atoms with E-state index in [1.165, 1.54) is 13.8 Å². The van der Waals surface area contributed by atoms with Crippen molar-refractivity contribution in [3.63, 3.8) is 0 Å². The highest BCUT2D eigenvalue weighted by Gasteiger charge is 2.31. The van der Waals surface area contributed by atoms with Crippen LogP contribution in [0, 0.1) is 0 Å². The van der Waals surface area contributed by atoms with E-state index in [9.17, 15) is 0 Å². The van der Waals surface area contributed by atoms with Gasteiger partial charge in [-0.2, -0.15) is 0 Å². The molecule has 0 aromatic heterocycles. The van der Waals surface area contributed by atoms with Gasteiger partial charge >= 0.3 is 0 Å². The molecule has 1 fully saturated rings. The van der Waals surface area contributed by atoms with E-state index >= 15 is 0 Å². The minimum atomic E-state index is -3.15. The highest BCUT2D eigenvalue weighted by Crippen LogP contribution is 2.21. The van der Waals surface area contributed by atoms with E-state index in [0.717, 1.165) is 0 Å². The van der Waals surface area contributed by atoms with Gasteiger partial charge in [0.25, 0.3) is 0 Å². The lowest BCUT2D eigenvalue weighted by Crippen LogP contribution is -2.22. The molecule has 0 saturated carbocycles. The Morgan fingerprint density at radius 1 is 2.11 bits per heavy atom. The standard InChI is InChI=1S/C6H12O3/c1-6(2)8-4-5(3-7)9-6/h5,7H,3-4H2,1-2H3/t5-/m0/s1/i3D2,4D2,5D. The van der Waals surface area contributed by atoms with Gasteiger partial charge in [-0.15, -0.1) is 0 Å². The Balaban J connectivity index is 3.12. The molecule has 0 amide bonds. The summed E-state index contributed by atoms with van der Waals surface area (Å²) in [5, 5.41) is 9.05. The zero-order valence-electron chi connectivity index (χ0n) is 10.3. The first-order chi connectivity index (χ1) is 5.91. The molecule has 0 radical (unpaired) electrons. The summed E-state index contributed by atoms with van der Waals surface area (Å²) in [7, 11) is 0. The lowest BCUT2D eigenvalue weighted by molar-refractivity contribution is -0.142. The fourth-order valence-corrected chi connectivity index (χ4v) is 0.502. The van der Waals surface area contributed by atoms with Crippen molar-refractivity contribution in [3.05, 3.63) is 0 Å². The van der Waals surface area contributed by atoms with Gasteiger partial charge in [0.2, 0.25) is 0 Å². The fourth-order valence-electron chi connectivity index (χ4n) is 0.502. The van der Waals surface area contributed by atoms with Crippen molar-refractivity contribution in [3.8, 4) is 0 Å². The van der Waals surface area contributed by atoms with Crippen molar-refractivity contribution in [2.75, 3.05) is 13.1 Å². The minimum absolute atomic E-state index is 1.34. The van der Waals surface area contributed by atoms with Gasteiger partial charge in [-0.25, -0.2) is 0 Å². The van der Waals surface area contributed by atoms with Crippen LogP contribution in [-0.4, -0.2) is 30.1 Å². The molecule has 0 unspecified atom stereocenters. The molecule has 0 aromatic carbocycles. The third-order valence-corrected chi connectivity index (χ3v) is 0.839. The predicted octanol–water partition coefficient (Wildman–Crippen LogP) is 0.130. The molecule has 1 rings (SSSR count). The molecule has 9 heavy (non-hydrogen) atoms. The lowest BCUT2D eigenvalue weighted by atomic mass is 10.4. The van der Waals surface area contributed by atoms with Crippen molar-refractivity contribution >= 4 is 0 Å². The first kappa shape index (κ1) is 2.86. The van der Waals surface area contributed by atoms with E-state index in [2.05, 4.69) is 0 Å². The van der Waals surface area contributed by atoms with Crippen LogP contribution in [0.2, 0.25) is 0 Å². The van der Waals surface area contributed by atoms with E-state index < -0.39 is 25.0 Å². The van der Waals surface area contributed by atoms with Crippen molar-refractivity contribution in [1.29, 1.82) is 0 Å². The lowest BCUT2D eigenvalue weighted by Gasteiger charge is -2.15. The van der Waals surface area contributed by atoms with Crippen LogP contribution < -0.4 is 0 Å². The van der Waals surface area contributed by atoms with Crippen LogP contribution in [0.3, 0.4) is 0 Å². The van der Waals surface area contributed by atoms with E-state index in [1.54, 1.807) is 0 Å². The molecule has 1 atom stereocenters. The van der Waals surface area contributed by atoms with Gasteiger partial charge in [0, 0.05) is 0 Å². The molecule has 1 saturated heterocycles. The number of hydrogen-bond donors (Lipinski definition) is 1. The quantitative estimate of drug-likeness (QED) is 0.558. The Bertz CT molecular complexity index is 248. The van der Waals surface area contributed by atoms with E-state index in [-0.39, 0.29) is 0 Å². The first-order valence-corrected chi connectivity index (χ1v) is 2.54. The van der Waals surface area contributed by atoms with Crippen LogP contribution in [0.25, 0.3) is 0 Å². The normalized spacial score (nSPS) is 56.6. The highest BCUT2D eigenvalue weighted by molar-refractivity contribution is 4.69. The van der Waals surface area contributed by atoms with E-state index in [0.29, 0.717) is 0 Å². The summed E-state index contributed by atoms with van der Waals surface area (Å²) in [5.74, 6) is -1.44. The summed E-state index contributed by atoms with van der Waals surface area (Å²) in [6, 6.07) is 0. The molecule has 1 aliphatic rings. The van der Waals surface area contributed by atoms with Gasteiger partial charge in [-0.3, -0.25) is 0 Å². The maximum atomic E-state index is 9.05.